The monoisotopic (exact) mass is 551 g/mol. The number of rotatable bonds is 5. The molecule has 8 nitrogen and oxygen atoms in total. The van der Waals surface area contributed by atoms with Crippen molar-refractivity contribution in [3.05, 3.63) is 48.5 Å². The molecule has 0 radical (unpaired) electrons. The maximum absolute atomic E-state index is 12.3. The van der Waals surface area contributed by atoms with E-state index in [-0.39, 0.29) is 36.5 Å². The van der Waals surface area contributed by atoms with Crippen LogP contribution in [0.5, 0.6) is 11.5 Å². The predicted molar refractivity (Wildman–Crippen MR) is 138 cm³/mol. The van der Waals surface area contributed by atoms with E-state index in [1.54, 1.807) is 18.0 Å². The molecule has 0 spiro atoms. The summed E-state index contributed by atoms with van der Waals surface area (Å²) in [6.07, 6.45) is 0.803. The molecule has 1 fully saturated rings. The molecule has 0 unspecified atom stereocenters. The molecule has 9 heteroatoms. The number of phenols is 1. The molecule has 1 amide bonds. The molecule has 4 rings (SSSR count). The highest BCUT2D eigenvalue weighted by Gasteiger charge is 2.25. The minimum atomic E-state index is -0.0108. The van der Waals surface area contributed by atoms with Gasteiger partial charge in [-0.05, 0) is 30.7 Å². The third-order valence-electron chi connectivity index (χ3n) is 5.66. The van der Waals surface area contributed by atoms with Gasteiger partial charge in [0.2, 0.25) is 0 Å². The van der Waals surface area contributed by atoms with Gasteiger partial charge in [0.15, 0.2) is 12.6 Å². The Morgan fingerprint density at radius 1 is 1.06 bits per heavy atom. The highest BCUT2D eigenvalue weighted by Crippen LogP contribution is 2.31. The Morgan fingerprint density at radius 3 is 2.47 bits per heavy atom. The number of ether oxygens (including phenoxy) is 1. The third kappa shape index (κ3) is 5.37. The fourth-order valence-corrected chi connectivity index (χ4v) is 4.06. The summed E-state index contributed by atoms with van der Waals surface area (Å²) in [5.41, 5.74) is 1.71. The number of hydrogen-bond donors (Lipinski definition) is 2. The highest BCUT2D eigenvalue weighted by molar-refractivity contribution is 14.0. The standard InChI is InChI=1S/C23H29N5O3.HI/c1-24-23(27-15-13-26(14-16-27)18-7-2-4-9-20(18)29)25-11-6-12-28-19-8-3-5-10-21(19)31-17-22(28)30;/h2-5,7-10,29H,6,11-17H2,1H3,(H,24,25);1H. The van der Waals surface area contributed by atoms with Gasteiger partial charge in [-0.1, -0.05) is 24.3 Å². The minimum absolute atomic E-state index is 0. The van der Waals surface area contributed by atoms with Crippen LogP contribution >= 0.6 is 24.0 Å². The molecule has 2 aromatic carbocycles. The largest absolute Gasteiger partial charge is 0.506 e. The lowest BCUT2D eigenvalue weighted by molar-refractivity contribution is -0.121. The number of amides is 1. The van der Waals surface area contributed by atoms with E-state index in [0.717, 1.165) is 62.2 Å². The van der Waals surface area contributed by atoms with Crippen molar-refractivity contribution < 1.29 is 14.6 Å². The van der Waals surface area contributed by atoms with Crippen molar-refractivity contribution in [2.75, 3.05) is 62.7 Å². The van der Waals surface area contributed by atoms with Crippen LogP contribution in [0.1, 0.15) is 6.42 Å². The second kappa shape index (κ2) is 11.3. The zero-order valence-corrected chi connectivity index (χ0v) is 20.6. The number of halogens is 1. The fourth-order valence-electron chi connectivity index (χ4n) is 4.06. The summed E-state index contributed by atoms with van der Waals surface area (Å²) in [6, 6.07) is 15.1. The number of phenolic OH excluding ortho intramolecular Hbond substituents is 1. The molecule has 0 bridgehead atoms. The Kier molecular flexibility index (Phi) is 8.43. The van der Waals surface area contributed by atoms with Crippen LogP contribution in [0, 0.1) is 0 Å². The summed E-state index contributed by atoms with van der Waals surface area (Å²) in [4.78, 5) is 22.9. The molecule has 2 aromatic rings. The second-order valence-electron chi connectivity index (χ2n) is 7.59. The molecular formula is C23H30IN5O3. The first-order valence-electron chi connectivity index (χ1n) is 10.7. The van der Waals surface area contributed by atoms with Crippen LogP contribution < -0.4 is 19.9 Å². The molecule has 2 N–H and O–H groups in total. The van der Waals surface area contributed by atoms with Gasteiger partial charge in [-0.15, -0.1) is 24.0 Å². The quantitative estimate of drug-likeness (QED) is 0.258. The zero-order valence-electron chi connectivity index (χ0n) is 18.2. The lowest BCUT2D eigenvalue weighted by Gasteiger charge is -2.38. The average Bonchev–Trinajstić information content (AvgIpc) is 2.81. The number of aromatic hydroxyl groups is 1. The minimum Gasteiger partial charge on any atom is -0.506 e. The first-order chi connectivity index (χ1) is 15.2. The van der Waals surface area contributed by atoms with Crippen LogP contribution in [0.4, 0.5) is 11.4 Å². The number of fused-ring (bicyclic) bond motifs is 1. The van der Waals surface area contributed by atoms with Gasteiger partial charge in [-0.2, -0.15) is 0 Å². The summed E-state index contributed by atoms with van der Waals surface area (Å²) in [6.45, 7) is 4.72. The van der Waals surface area contributed by atoms with Crippen molar-refractivity contribution in [2.24, 2.45) is 4.99 Å². The fraction of sp³-hybridized carbons (Fsp3) is 0.391. The van der Waals surface area contributed by atoms with Crippen molar-refractivity contribution in [3.8, 4) is 11.5 Å². The molecular weight excluding hydrogens is 521 g/mol. The second-order valence-corrected chi connectivity index (χ2v) is 7.59. The lowest BCUT2D eigenvalue weighted by atomic mass is 10.2. The van der Waals surface area contributed by atoms with Crippen LogP contribution in [-0.2, 0) is 4.79 Å². The van der Waals surface area contributed by atoms with Crippen molar-refractivity contribution >= 4 is 47.2 Å². The van der Waals surface area contributed by atoms with Gasteiger partial charge < -0.3 is 29.9 Å². The molecule has 0 aromatic heterocycles. The molecule has 2 aliphatic rings. The summed E-state index contributed by atoms with van der Waals surface area (Å²) >= 11 is 0. The van der Waals surface area contributed by atoms with E-state index in [9.17, 15) is 9.90 Å². The van der Waals surface area contributed by atoms with Crippen molar-refractivity contribution in [3.63, 3.8) is 0 Å². The average molecular weight is 551 g/mol. The SMILES string of the molecule is CN=C(NCCCN1C(=O)COc2ccccc21)N1CCN(c2ccccc2O)CC1.I. The van der Waals surface area contributed by atoms with Crippen LogP contribution in [0.25, 0.3) is 0 Å². The van der Waals surface area contributed by atoms with Crippen LogP contribution in [0.15, 0.2) is 53.5 Å². The number of piperazine rings is 1. The summed E-state index contributed by atoms with van der Waals surface area (Å²) in [5.74, 6) is 1.93. The third-order valence-corrected chi connectivity index (χ3v) is 5.66. The Morgan fingerprint density at radius 2 is 1.75 bits per heavy atom. The number of hydrogen-bond acceptors (Lipinski definition) is 5. The molecule has 0 atom stereocenters. The number of benzene rings is 2. The Hall–Kier alpha value is -2.69. The normalized spacial score (nSPS) is 16.2. The number of anilines is 2. The maximum Gasteiger partial charge on any atom is 0.265 e. The van der Waals surface area contributed by atoms with Gasteiger partial charge in [0.25, 0.3) is 5.91 Å². The molecule has 1 saturated heterocycles. The van der Waals surface area contributed by atoms with E-state index in [0.29, 0.717) is 12.3 Å². The van der Waals surface area contributed by atoms with E-state index in [2.05, 4.69) is 20.1 Å². The first kappa shape index (κ1) is 24.0. The predicted octanol–water partition coefficient (Wildman–Crippen LogP) is 2.52. The van der Waals surface area contributed by atoms with E-state index in [1.807, 2.05) is 42.5 Å². The number of aliphatic imine (C=N–C) groups is 1. The summed E-state index contributed by atoms with van der Waals surface area (Å²) in [7, 11) is 1.79. The summed E-state index contributed by atoms with van der Waals surface area (Å²) in [5, 5.41) is 13.5. The Balaban J connectivity index is 0.00000289. The van der Waals surface area contributed by atoms with Crippen molar-refractivity contribution in [1.82, 2.24) is 10.2 Å². The molecule has 2 heterocycles. The van der Waals surface area contributed by atoms with Crippen molar-refractivity contribution in [1.29, 1.82) is 0 Å². The molecule has 32 heavy (non-hydrogen) atoms. The molecule has 172 valence electrons. The zero-order chi connectivity index (χ0) is 21.6. The van der Waals surface area contributed by atoms with E-state index >= 15 is 0 Å². The maximum atomic E-state index is 12.3. The molecule has 2 aliphatic heterocycles. The number of nitrogens with one attached hydrogen (secondary N) is 1. The van der Waals surface area contributed by atoms with E-state index in [1.165, 1.54) is 0 Å². The number of guanidine groups is 1. The van der Waals surface area contributed by atoms with Gasteiger partial charge in [0.1, 0.15) is 11.5 Å². The topological polar surface area (TPSA) is 80.6 Å². The van der Waals surface area contributed by atoms with E-state index in [4.69, 9.17) is 4.74 Å². The number of carbonyl (C=O) groups is 1. The number of para-hydroxylation sites is 4. The van der Waals surface area contributed by atoms with Gasteiger partial charge in [-0.3, -0.25) is 9.79 Å². The van der Waals surface area contributed by atoms with Crippen LogP contribution in [-0.4, -0.2) is 74.8 Å². The highest BCUT2D eigenvalue weighted by atomic mass is 127. The van der Waals surface area contributed by atoms with Gasteiger partial charge >= 0.3 is 0 Å². The van der Waals surface area contributed by atoms with Gasteiger partial charge in [-0.25, -0.2) is 0 Å². The first-order valence-corrected chi connectivity index (χ1v) is 10.7. The Bertz CT molecular complexity index is 947. The van der Waals surface area contributed by atoms with Gasteiger partial charge in [0.05, 0.1) is 11.4 Å². The molecule has 0 saturated carbocycles. The summed E-state index contributed by atoms with van der Waals surface area (Å²) < 4.78 is 5.50. The Labute approximate surface area is 205 Å². The van der Waals surface area contributed by atoms with Crippen molar-refractivity contribution in [2.45, 2.75) is 6.42 Å². The van der Waals surface area contributed by atoms with E-state index < -0.39 is 0 Å². The van der Waals surface area contributed by atoms with Crippen LogP contribution in [0.2, 0.25) is 0 Å². The lowest BCUT2D eigenvalue weighted by Crippen LogP contribution is -2.52. The smallest absolute Gasteiger partial charge is 0.265 e. The number of nitrogens with zero attached hydrogens (tertiary/aromatic N) is 4. The molecule has 0 aliphatic carbocycles. The number of carbonyl (C=O) groups excluding carboxylic acids is 1. The van der Waals surface area contributed by atoms with Crippen LogP contribution in [0.3, 0.4) is 0 Å². The van der Waals surface area contributed by atoms with Gasteiger partial charge in [0, 0.05) is 46.3 Å².